The van der Waals surface area contributed by atoms with E-state index in [0.717, 1.165) is 0 Å². The molecule has 0 saturated carbocycles. The Hall–Kier alpha value is -0.780. The number of allylic oxidation sites excluding steroid dienone is 6. The van der Waals surface area contributed by atoms with E-state index in [0.29, 0.717) is 0 Å². The van der Waals surface area contributed by atoms with Crippen molar-refractivity contribution in [3.05, 3.63) is 36.5 Å². The highest BCUT2D eigenvalue weighted by atomic mass is 13.9. The molecule has 0 atom stereocenters. The van der Waals surface area contributed by atoms with Gasteiger partial charge in [-0.1, -0.05) is 42.9 Å². The quantitative estimate of drug-likeness (QED) is 0.492. The van der Waals surface area contributed by atoms with Gasteiger partial charge in [-0.15, -0.1) is 0 Å². The van der Waals surface area contributed by atoms with Crippen LogP contribution < -0.4 is 0 Å². The monoisotopic (exact) mass is 148 g/mol. The van der Waals surface area contributed by atoms with E-state index in [2.05, 4.69) is 36.5 Å². The SMILES string of the molecule is C1=CCCCCC/C=C\C=C\1. The lowest BCUT2D eigenvalue weighted by atomic mass is 10.1. The van der Waals surface area contributed by atoms with E-state index in [-0.39, 0.29) is 0 Å². The summed E-state index contributed by atoms with van der Waals surface area (Å²) in [6.45, 7) is 0. The van der Waals surface area contributed by atoms with E-state index in [1.165, 1.54) is 32.1 Å². The second-order valence-electron chi connectivity index (χ2n) is 2.88. The molecular formula is C11H16. The summed E-state index contributed by atoms with van der Waals surface area (Å²) in [5.74, 6) is 0. The first-order chi connectivity index (χ1) is 5.50. The van der Waals surface area contributed by atoms with Crippen molar-refractivity contribution in [2.75, 3.05) is 0 Å². The van der Waals surface area contributed by atoms with Gasteiger partial charge in [0.05, 0.1) is 0 Å². The Labute approximate surface area is 69.3 Å². The molecule has 0 aromatic rings. The summed E-state index contributed by atoms with van der Waals surface area (Å²) in [7, 11) is 0. The smallest absolute Gasteiger partial charge is 0.0348 e. The van der Waals surface area contributed by atoms with Crippen LogP contribution in [-0.4, -0.2) is 0 Å². The van der Waals surface area contributed by atoms with Crippen LogP contribution in [0.1, 0.15) is 32.1 Å². The molecule has 0 radical (unpaired) electrons. The minimum absolute atomic E-state index is 1.24. The molecule has 0 unspecified atom stereocenters. The van der Waals surface area contributed by atoms with Gasteiger partial charge in [-0.25, -0.2) is 0 Å². The second-order valence-corrected chi connectivity index (χ2v) is 2.88. The first-order valence-electron chi connectivity index (χ1n) is 4.48. The minimum Gasteiger partial charge on any atom is -0.0845 e. The molecule has 0 aromatic heterocycles. The van der Waals surface area contributed by atoms with Gasteiger partial charge in [-0.3, -0.25) is 0 Å². The molecule has 0 aliphatic heterocycles. The van der Waals surface area contributed by atoms with Crippen LogP contribution in [-0.2, 0) is 0 Å². The van der Waals surface area contributed by atoms with Crippen molar-refractivity contribution in [2.24, 2.45) is 0 Å². The molecule has 0 N–H and O–H groups in total. The van der Waals surface area contributed by atoms with Gasteiger partial charge in [0.2, 0.25) is 0 Å². The molecule has 0 heteroatoms. The zero-order valence-electron chi connectivity index (χ0n) is 7.00. The average Bonchev–Trinajstić information content (AvgIpc) is 2.08. The average molecular weight is 148 g/mol. The molecule has 1 aliphatic carbocycles. The standard InChI is InChI=1S/C11H16/c1-2-4-6-8-10-11-9-7-5-3-1/h1-6H,7-11H2/b2-1+,5-3-,6-4?. The highest BCUT2D eigenvalue weighted by Crippen LogP contribution is 2.05. The first-order valence-corrected chi connectivity index (χ1v) is 4.48. The van der Waals surface area contributed by atoms with Crippen molar-refractivity contribution >= 4 is 0 Å². The van der Waals surface area contributed by atoms with Gasteiger partial charge in [-0.2, -0.15) is 0 Å². The Morgan fingerprint density at radius 1 is 0.545 bits per heavy atom. The third kappa shape index (κ3) is 4.60. The summed E-state index contributed by atoms with van der Waals surface area (Å²) in [4.78, 5) is 0. The van der Waals surface area contributed by atoms with Gasteiger partial charge in [0.25, 0.3) is 0 Å². The molecule has 60 valence electrons. The lowest BCUT2D eigenvalue weighted by Gasteiger charge is -1.93. The number of rotatable bonds is 0. The van der Waals surface area contributed by atoms with Crippen LogP contribution in [0.2, 0.25) is 0 Å². The largest absolute Gasteiger partial charge is 0.0845 e. The van der Waals surface area contributed by atoms with Gasteiger partial charge in [-0.05, 0) is 25.7 Å². The molecule has 0 bridgehead atoms. The maximum Gasteiger partial charge on any atom is -0.0348 e. The van der Waals surface area contributed by atoms with E-state index in [1.54, 1.807) is 0 Å². The molecule has 0 heterocycles. The molecule has 0 fully saturated rings. The summed E-state index contributed by atoms with van der Waals surface area (Å²) in [5.41, 5.74) is 0. The molecule has 0 saturated heterocycles. The highest BCUT2D eigenvalue weighted by Gasteiger charge is 1.85. The van der Waals surface area contributed by atoms with Crippen LogP contribution in [0.25, 0.3) is 0 Å². The molecular weight excluding hydrogens is 132 g/mol. The van der Waals surface area contributed by atoms with Gasteiger partial charge in [0.1, 0.15) is 0 Å². The van der Waals surface area contributed by atoms with Crippen molar-refractivity contribution in [1.82, 2.24) is 0 Å². The summed E-state index contributed by atoms with van der Waals surface area (Å²) in [5, 5.41) is 0. The van der Waals surface area contributed by atoms with E-state index >= 15 is 0 Å². The predicted octanol–water partition coefficient (Wildman–Crippen LogP) is 3.62. The maximum atomic E-state index is 2.25. The Morgan fingerprint density at radius 2 is 1.09 bits per heavy atom. The third-order valence-corrected chi connectivity index (χ3v) is 1.85. The van der Waals surface area contributed by atoms with Crippen LogP contribution in [0.4, 0.5) is 0 Å². The lowest BCUT2D eigenvalue weighted by Crippen LogP contribution is -1.73. The van der Waals surface area contributed by atoms with E-state index < -0.39 is 0 Å². The Bertz CT molecular complexity index is 143. The number of hydrogen-bond donors (Lipinski definition) is 0. The molecule has 0 aromatic carbocycles. The van der Waals surface area contributed by atoms with E-state index in [9.17, 15) is 0 Å². The Morgan fingerprint density at radius 3 is 1.64 bits per heavy atom. The Balaban J connectivity index is 2.36. The zero-order chi connectivity index (χ0) is 7.78. The fourth-order valence-electron chi connectivity index (χ4n) is 1.18. The predicted molar refractivity (Wildman–Crippen MR) is 50.5 cm³/mol. The van der Waals surface area contributed by atoms with Crippen LogP contribution >= 0.6 is 0 Å². The molecule has 1 aliphatic rings. The summed E-state index contributed by atoms with van der Waals surface area (Å²) in [6.07, 6.45) is 19.5. The third-order valence-electron chi connectivity index (χ3n) is 1.85. The van der Waals surface area contributed by atoms with Crippen LogP contribution in [0.3, 0.4) is 0 Å². The summed E-state index contributed by atoms with van der Waals surface area (Å²) < 4.78 is 0. The van der Waals surface area contributed by atoms with Crippen LogP contribution in [0.15, 0.2) is 36.5 Å². The highest BCUT2D eigenvalue weighted by molar-refractivity contribution is 5.11. The van der Waals surface area contributed by atoms with Crippen molar-refractivity contribution < 1.29 is 0 Å². The molecule has 11 heavy (non-hydrogen) atoms. The van der Waals surface area contributed by atoms with Gasteiger partial charge >= 0.3 is 0 Å². The topological polar surface area (TPSA) is 0 Å². The van der Waals surface area contributed by atoms with Crippen molar-refractivity contribution in [1.29, 1.82) is 0 Å². The molecule has 1 rings (SSSR count). The van der Waals surface area contributed by atoms with Crippen molar-refractivity contribution in [3.8, 4) is 0 Å². The first kappa shape index (κ1) is 8.32. The normalized spacial score (nSPS) is 25.5. The zero-order valence-corrected chi connectivity index (χ0v) is 7.00. The van der Waals surface area contributed by atoms with Crippen LogP contribution in [0.5, 0.6) is 0 Å². The fourth-order valence-corrected chi connectivity index (χ4v) is 1.18. The van der Waals surface area contributed by atoms with Gasteiger partial charge in [0, 0.05) is 0 Å². The molecule has 0 nitrogen and oxygen atoms in total. The minimum atomic E-state index is 1.24. The summed E-state index contributed by atoms with van der Waals surface area (Å²) >= 11 is 0. The Kier molecular flexibility index (Phi) is 4.51. The molecule has 0 spiro atoms. The van der Waals surface area contributed by atoms with E-state index in [4.69, 9.17) is 0 Å². The lowest BCUT2D eigenvalue weighted by molar-refractivity contribution is 0.696. The van der Waals surface area contributed by atoms with Crippen molar-refractivity contribution in [3.63, 3.8) is 0 Å². The van der Waals surface area contributed by atoms with E-state index in [1.807, 2.05) is 0 Å². The maximum absolute atomic E-state index is 2.25. The summed E-state index contributed by atoms with van der Waals surface area (Å²) in [6, 6.07) is 0. The van der Waals surface area contributed by atoms with Crippen molar-refractivity contribution in [2.45, 2.75) is 32.1 Å². The molecule has 0 amide bonds. The fraction of sp³-hybridized carbons (Fsp3) is 0.455. The number of hydrogen-bond acceptors (Lipinski definition) is 0. The van der Waals surface area contributed by atoms with Gasteiger partial charge in [0.15, 0.2) is 0 Å². The van der Waals surface area contributed by atoms with Gasteiger partial charge < -0.3 is 0 Å². The van der Waals surface area contributed by atoms with Crippen LogP contribution in [0, 0.1) is 0 Å². The second kappa shape index (κ2) is 5.96.